The lowest BCUT2D eigenvalue weighted by molar-refractivity contribution is -0.295. The maximum Gasteiger partial charge on any atom is 0.598 e. The van der Waals surface area contributed by atoms with Crippen molar-refractivity contribution >= 4 is 24.6 Å². The van der Waals surface area contributed by atoms with E-state index in [2.05, 4.69) is 20.8 Å². The van der Waals surface area contributed by atoms with Crippen LogP contribution in [0.1, 0.15) is 91.7 Å². The highest BCUT2D eigenvalue weighted by molar-refractivity contribution is 6.44. The molecule has 0 N–H and O–H groups in total. The van der Waals surface area contributed by atoms with Gasteiger partial charge in [0.1, 0.15) is 13.2 Å². The van der Waals surface area contributed by atoms with E-state index in [0.717, 1.165) is 37.9 Å². The molecule has 0 atom stereocenters. The summed E-state index contributed by atoms with van der Waals surface area (Å²) in [6.45, 7) is 14.5. The molecule has 1 aliphatic rings. The summed E-state index contributed by atoms with van der Waals surface area (Å²) in [6, 6.07) is 27.2. The van der Waals surface area contributed by atoms with Gasteiger partial charge in [0.15, 0.2) is 0 Å². The number of rotatable bonds is 12. The van der Waals surface area contributed by atoms with Crippen LogP contribution in [0.3, 0.4) is 0 Å². The SMILES string of the molecule is Cc1cc(C)cc(C2=CC(c3ccc(C(C)(C)C)cc3)=N/C2=C\c2c(-c3cc(C)cc(C)c3)cc(-c3ccc(C(C)(C)C)cc3)n2B(OCC(F)(F)C(F)(F)F)OCC(F)(F)C(F)(F)F)c1. The lowest BCUT2D eigenvalue weighted by atomic mass is 9.86. The fraction of sp³-hybridized carbons (Fsp3) is 0.353. The Morgan fingerprint density at radius 3 is 1.35 bits per heavy atom. The van der Waals surface area contributed by atoms with Crippen molar-refractivity contribution in [3.63, 3.8) is 0 Å². The van der Waals surface area contributed by atoms with E-state index in [-0.39, 0.29) is 39.0 Å². The molecular weight excluding hydrogens is 873 g/mol. The van der Waals surface area contributed by atoms with Gasteiger partial charge in [0.25, 0.3) is 0 Å². The number of nitrogens with zero attached hydrogens (tertiary/aromatic N) is 2. The van der Waals surface area contributed by atoms with E-state index in [1.54, 1.807) is 42.5 Å². The number of benzene rings is 4. The van der Waals surface area contributed by atoms with Gasteiger partial charge in [0.2, 0.25) is 0 Å². The molecule has 15 heteroatoms. The maximum absolute atomic E-state index is 14.8. The van der Waals surface area contributed by atoms with Crippen molar-refractivity contribution in [1.82, 2.24) is 4.48 Å². The molecule has 4 aromatic carbocycles. The monoisotopic (exact) mass is 924 g/mol. The summed E-state index contributed by atoms with van der Waals surface area (Å²) in [5, 5.41) is 0. The molecule has 4 nitrogen and oxygen atoms in total. The summed E-state index contributed by atoms with van der Waals surface area (Å²) in [4.78, 5) is 5.04. The van der Waals surface area contributed by atoms with E-state index in [9.17, 15) is 43.9 Å². The Morgan fingerprint density at radius 1 is 0.530 bits per heavy atom. The molecule has 0 saturated carbocycles. The van der Waals surface area contributed by atoms with Crippen LogP contribution in [0, 0.1) is 27.7 Å². The Balaban J connectivity index is 1.72. The zero-order valence-electron chi connectivity index (χ0n) is 38.3. The lowest BCUT2D eigenvalue weighted by Gasteiger charge is -2.26. The molecule has 0 amide bonds. The Hall–Kier alpha value is -5.41. The molecule has 1 aromatic heterocycles. The van der Waals surface area contributed by atoms with E-state index in [0.29, 0.717) is 28.0 Å². The minimum atomic E-state index is -6.18. The quantitative estimate of drug-likeness (QED) is 0.0923. The minimum absolute atomic E-state index is 0.0241. The molecule has 0 spiro atoms. The molecule has 66 heavy (non-hydrogen) atoms. The zero-order valence-corrected chi connectivity index (χ0v) is 38.3. The van der Waals surface area contributed by atoms with Gasteiger partial charge >= 0.3 is 31.5 Å². The standard InChI is InChI=1S/C51H51BF10N2O2/c1-30-19-31(2)22-36(21-30)40-25-42(34-11-15-38(16-12-34)46(5,6)7)63-43(40)27-45-41(37-23-32(3)20-33(4)24-37)26-44(35-13-17-39(18-14-35)47(8,9)10)64(45)52(65-28-48(53,54)50(57,58)59)66-29-49(55,56)51(60,61)62/h11-27H,28-29H2,1-10H3/b43-27-. The number of allylic oxidation sites excluding steroid dienone is 2. The van der Waals surface area contributed by atoms with Crippen molar-refractivity contribution in [3.05, 3.63) is 153 Å². The molecule has 0 radical (unpaired) electrons. The lowest BCUT2D eigenvalue weighted by Crippen LogP contribution is -2.48. The second-order valence-electron chi connectivity index (χ2n) is 19.0. The largest absolute Gasteiger partial charge is 0.598 e. The smallest absolute Gasteiger partial charge is 0.385 e. The number of aliphatic imine (C=N–C) groups is 1. The minimum Gasteiger partial charge on any atom is -0.385 e. The highest BCUT2D eigenvalue weighted by Crippen LogP contribution is 2.42. The van der Waals surface area contributed by atoms with Crippen molar-refractivity contribution in [2.75, 3.05) is 13.2 Å². The van der Waals surface area contributed by atoms with E-state index in [1.165, 1.54) is 6.08 Å². The topological polar surface area (TPSA) is 35.8 Å². The first-order valence-corrected chi connectivity index (χ1v) is 21.1. The number of hydrogen-bond acceptors (Lipinski definition) is 3. The van der Waals surface area contributed by atoms with Crippen LogP contribution in [0.25, 0.3) is 34.0 Å². The summed E-state index contributed by atoms with van der Waals surface area (Å²) < 4.78 is 152. The molecule has 0 saturated heterocycles. The molecule has 2 heterocycles. The van der Waals surface area contributed by atoms with Crippen LogP contribution in [-0.2, 0) is 20.1 Å². The van der Waals surface area contributed by atoms with Gasteiger partial charge in [0.05, 0.1) is 11.4 Å². The molecule has 0 fully saturated rings. The average molecular weight is 925 g/mol. The van der Waals surface area contributed by atoms with Crippen LogP contribution in [0.15, 0.2) is 108 Å². The molecule has 0 aliphatic carbocycles. The molecular formula is C51H51BF10N2O2. The molecule has 0 unspecified atom stereocenters. The highest BCUT2D eigenvalue weighted by Gasteiger charge is 2.60. The normalized spacial score (nSPS) is 14.8. The molecule has 350 valence electrons. The first-order chi connectivity index (χ1) is 30.3. The van der Waals surface area contributed by atoms with Crippen molar-refractivity contribution in [2.24, 2.45) is 4.99 Å². The van der Waals surface area contributed by atoms with Gasteiger partial charge < -0.3 is 13.8 Å². The molecule has 0 bridgehead atoms. The first kappa shape index (κ1) is 50.0. The third-order valence-corrected chi connectivity index (χ3v) is 11.2. The van der Waals surface area contributed by atoms with Crippen molar-refractivity contribution in [3.8, 4) is 22.4 Å². The molecule has 1 aliphatic heterocycles. The van der Waals surface area contributed by atoms with Gasteiger partial charge in [-0.3, -0.25) is 0 Å². The number of hydrogen-bond donors (Lipinski definition) is 0. The summed E-state index contributed by atoms with van der Waals surface area (Å²) >= 11 is 0. The van der Waals surface area contributed by atoms with Gasteiger partial charge in [0, 0.05) is 28.1 Å². The number of aryl methyl sites for hydroxylation is 4. The first-order valence-electron chi connectivity index (χ1n) is 21.1. The van der Waals surface area contributed by atoms with Crippen LogP contribution < -0.4 is 0 Å². The molecule has 5 aromatic rings. The van der Waals surface area contributed by atoms with Crippen LogP contribution in [0.5, 0.6) is 0 Å². The van der Waals surface area contributed by atoms with E-state index in [1.807, 2.05) is 103 Å². The van der Waals surface area contributed by atoms with E-state index < -0.39 is 44.7 Å². The number of halogens is 10. The van der Waals surface area contributed by atoms with Crippen LogP contribution in [0.2, 0.25) is 0 Å². The summed E-state index contributed by atoms with van der Waals surface area (Å²) in [7, 11) is -2.72. The average Bonchev–Trinajstić information content (AvgIpc) is 3.78. The fourth-order valence-corrected chi connectivity index (χ4v) is 7.67. The van der Waals surface area contributed by atoms with Crippen molar-refractivity contribution in [2.45, 2.75) is 104 Å². The Labute approximate surface area is 379 Å². The van der Waals surface area contributed by atoms with Crippen LogP contribution >= 0.6 is 0 Å². The Morgan fingerprint density at radius 2 is 0.939 bits per heavy atom. The summed E-state index contributed by atoms with van der Waals surface area (Å²) in [5.41, 5.74) is 8.34. The maximum atomic E-state index is 14.8. The van der Waals surface area contributed by atoms with E-state index in [4.69, 9.17) is 14.3 Å². The molecule has 6 rings (SSSR count). The Kier molecular flexibility index (Phi) is 13.6. The van der Waals surface area contributed by atoms with Gasteiger partial charge in [-0.05, 0) is 84.6 Å². The van der Waals surface area contributed by atoms with Crippen LogP contribution in [-0.4, -0.2) is 54.9 Å². The predicted molar refractivity (Wildman–Crippen MR) is 242 cm³/mol. The number of alkyl halides is 10. The van der Waals surface area contributed by atoms with Crippen LogP contribution in [0.4, 0.5) is 43.9 Å². The van der Waals surface area contributed by atoms with E-state index >= 15 is 0 Å². The summed E-state index contributed by atoms with van der Waals surface area (Å²) in [6.07, 6.45) is -9.04. The highest BCUT2D eigenvalue weighted by atomic mass is 19.4. The van der Waals surface area contributed by atoms with Gasteiger partial charge in [-0.1, -0.05) is 149 Å². The predicted octanol–water partition coefficient (Wildman–Crippen LogP) is 14.8. The van der Waals surface area contributed by atoms with Gasteiger partial charge in [-0.15, -0.1) is 0 Å². The third kappa shape index (κ3) is 11.1. The fourth-order valence-electron chi connectivity index (χ4n) is 7.67. The van der Waals surface area contributed by atoms with Gasteiger partial charge in [-0.2, -0.15) is 43.9 Å². The van der Waals surface area contributed by atoms with Gasteiger partial charge in [-0.25, -0.2) is 4.99 Å². The Bertz CT molecular complexity index is 2610. The number of aromatic nitrogens is 1. The third-order valence-electron chi connectivity index (χ3n) is 11.2. The summed E-state index contributed by atoms with van der Waals surface area (Å²) in [5.74, 6) is -11.2. The second-order valence-corrected chi connectivity index (χ2v) is 19.0. The second kappa shape index (κ2) is 18.0. The zero-order chi connectivity index (χ0) is 48.9. The van der Waals surface area contributed by atoms with Crippen molar-refractivity contribution < 1.29 is 53.2 Å². The van der Waals surface area contributed by atoms with Crippen molar-refractivity contribution in [1.29, 1.82) is 0 Å².